The van der Waals surface area contributed by atoms with Crippen LogP contribution in [0.4, 0.5) is 15.8 Å². The van der Waals surface area contributed by atoms with Crippen LogP contribution in [0.3, 0.4) is 0 Å². The smallest absolute Gasteiger partial charge is 0.261 e. The number of nitrogens with one attached hydrogen (secondary N) is 3. The summed E-state index contributed by atoms with van der Waals surface area (Å²) in [7, 11) is -4.01. The van der Waals surface area contributed by atoms with Gasteiger partial charge in [0, 0.05) is 17.4 Å². The van der Waals surface area contributed by atoms with Gasteiger partial charge in [0.1, 0.15) is 5.82 Å². The summed E-state index contributed by atoms with van der Waals surface area (Å²) in [5.41, 5.74) is 1.31. The minimum atomic E-state index is -4.01. The molecule has 0 unspecified atom stereocenters. The lowest BCUT2D eigenvalue weighted by Gasteiger charge is -2.12. The predicted octanol–water partition coefficient (Wildman–Crippen LogP) is 2.70. The Bertz CT molecular complexity index is 1200. The largest absolute Gasteiger partial charge is 0.343 e. The SMILES string of the molecule is Cc1ccc(S(=O)(=O)Nc2ccc(F)cc2)cc1C(=O)NCC(=O)Nc1cccnc1. The normalized spacial score (nSPS) is 10.9. The molecule has 3 N–H and O–H groups in total. The molecule has 31 heavy (non-hydrogen) atoms. The molecule has 1 aromatic heterocycles. The number of carbonyl (C=O) groups is 2. The van der Waals surface area contributed by atoms with E-state index in [1.807, 2.05) is 0 Å². The van der Waals surface area contributed by atoms with Crippen LogP contribution in [0.1, 0.15) is 15.9 Å². The second kappa shape index (κ2) is 9.35. The topological polar surface area (TPSA) is 117 Å². The molecule has 160 valence electrons. The molecule has 1 heterocycles. The zero-order chi connectivity index (χ0) is 22.4. The molecule has 0 saturated carbocycles. The number of benzene rings is 2. The highest BCUT2D eigenvalue weighted by molar-refractivity contribution is 7.92. The number of amides is 2. The predicted molar refractivity (Wildman–Crippen MR) is 114 cm³/mol. The molecule has 0 saturated heterocycles. The number of aryl methyl sites for hydroxylation is 1. The van der Waals surface area contributed by atoms with E-state index in [9.17, 15) is 22.4 Å². The van der Waals surface area contributed by atoms with Crippen molar-refractivity contribution in [2.45, 2.75) is 11.8 Å². The van der Waals surface area contributed by atoms with Crippen molar-refractivity contribution in [3.05, 3.63) is 83.9 Å². The van der Waals surface area contributed by atoms with E-state index in [0.717, 1.165) is 12.1 Å². The fourth-order valence-electron chi connectivity index (χ4n) is 2.64. The second-order valence-corrected chi connectivity index (χ2v) is 8.24. The summed E-state index contributed by atoms with van der Waals surface area (Å²) in [6.07, 6.45) is 3.03. The molecule has 0 fully saturated rings. The average Bonchev–Trinajstić information content (AvgIpc) is 2.74. The molecule has 3 rings (SSSR count). The number of hydrogen-bond acceptors (Lipinski definition) is 5. The molecule has 0 aliphatic rings. The van der Waals surface area contributed by atoms with Gasteiger partial charge >= 0.3 is 0 Å². The first-order chi connectivity index (χ1) is 14.7. The first-order valence-corrected chi connectivity index (χ1v) is 10.6. The Morgan fingerprint density at radius 3 is 2.45 bits per heavy atom. The highest BCUT2D eigenvalue weighted by Crippen LogP contribution is 2.19. The van der Waals surface area contributed by atoms with E-state index in [1.54, 1.807) is 25.3 Å². The number of carbonyl (C=O) groups excluding carboxylic acids is 2. The van der Waals surface area contributed by atoms with Gasteiger partial charge in [-0.25, -0.2) is 12.8 Å². The van der Waals surface area contributed by atoms with Gasteiger partial charge in [0.25, 0.3) is 15.9 Å². The fraction of sp³-hybridized carbons (Fsp3) is 0.0952. The first kappa shape index (κ1) is 21.9. The van der Waals surface area contributed by atoms with Crippen LogP contribution in [0.25, 0.3) is 0 Å². The van der Waals surface area contributed by atoms with Gasteiger partial charge < -0.3 is 10.6 Å². The Kier molecular flexibility index (Phi) is 6.61. The molecule has 0 spiro atoms. The van der Waals surface area contributed by atoms with Crippen LogP contribution < -0.4 is 15.4 Å². The summed E-state index contributed by atoms with van der Waals surface area (Å²) in [4.78, 5) is 28.3. The van der Waals surface area contributed by atoms with Crippen LogP contribution in [0.15, 0.2) is 71.9 Å². The number of hydrogen-bond donors (Lipinski definition) is 3. The van der Waals surface area contributed by atoms with Crippen LogP contribution in [-0.2, 0) is 14.8 Å². The minimum Gasteiger partial charge on any atom is -0.343 e. The van der Waals surface area contributed by atoms with Crippen molar-refractivity contribution in [3.8, 4) is 0 Å². The third-order valence-electron chi connectivity index (χ3n) is 4.22. The van der Waals surface area contributed by atoms with E-state index in [0.29, 0.717) is 11.3 Å². The van der Waals surface area contributed by atoms with Crippen LogP contribution in [0.5, 0.6) is 0 Å². The number of pyridine rings is 1. The first-order valence-electron chi connectivity index (χ1n) is 9.12. The van der Waals surface area contributed by atoms with Gasteiger partial charge in [-0.05, 0) is 61.0 Å². The molecule has 2 aromatic carbocycles. The van der Waals surface area contributed by atoms with Gasteiger partial charge in [0.2, 0.25) is 5.91 Å². The summed E-state index contributed by atoms with van der Waals surface area (Å²) in [6, 6.07) is 12.2. The van der Waals surface area contributed by atoms with Crippen molar-refractivity contribution in [2.24, 2.45) is 0 Å². The van der Waals surface area contributed by atoms with Gasteiger partial charge in [-0.3, -0.25) is 19.3 Å². The molecule has 2 amide bonds. The fourth-order valence-corrected chi connectivity index (χ4v) is 3.73. The van der Waals surface area contributed by atoms with Gasteiger partial charge in [-0.2, -0.15) is 0 Å². The Labute approximate surface area is 178 Å². The Morgan fingerprint density at radius 2 is 1.77 bits per heavy atom. The van der Waals surface area contributed by atoms with Crippen molar-refractivity contribution in [3.63, 3.8) is 0 Å². The lowest BCUT2D eigenvalue weighted by Crippen LogP contribution is -2.33. The Morgan fingerprint density at radius 1 is 1.03 bits per heavy atom. The zero-order valence-electron chi connectivity index (χ0n) is 16.4. The molecule has 0 atom stereocenters. The molecule has 8 nitrogen and oxygen atoms in total. The van der Waals surface area contributed by atoms with Crippen molar-refractivity contribution >= 4 is 33.2 Å². The van der Waals surface area contributed by atoms with Gasteiger partial charge in [0.05, 0.1) is 23.3 Å². The minimum absolute atomic E-state index is 0.108. The standard InChI is InChI=1S/C21H19FN4O4S/c1-14-4-9-18(31(29,30)26-16-7-5-15(22)6-8-16)11-19(14)21(28)24-13-20(27)25-17-3-2-10-23-12-17/h2-12,26H,13H2,1H3,(H,24,28)(H,25,27). The zero-order valence-corrected chi connectivity index (χ0v) is 17.2. The van der Waals surface area contributed by atoms with Crippen LogP contribution in [0.2, 0.25) is 0 Å². The molecule has 0 aliphatic carbocycles. The number of anilines is 2. The second-order valence-electron chi connectivity index (χ2n) is 6.56. The maximum atomic E-state index is 13.0. The number of sulfonamides is 1. The van der Waals surface area contributed by atoms with Crippen LogP contribution in [0, 0.1) is 12.7 Å². The third-order valence-corrected chi connectivity index (χ3v) is 5.59. The quantitative estimate of drug-likeness (QED) is 0.520. The summed E-state index contributed by atoms with van der Waals surface area (Å²) < 4.78 is 40.6. The van der Waals surface area contributed by atoms with Gasteiger partial charge in [-0.15, -0.1) is 0 Å². The molecule has 3 aromatic rings. The van der Waals surface area contributed by atoms with Gasteiger partial charge in [0.15, 0.2) is 0 Å². The van der Waals surface area contributed by atoms with E-state index < -0.39 is 27.7 Å². The Hall–Kier alpha value is -3.79. The van der Waals surface area contributed by atoms with Crippen LogP contribution >= 0.6 is 0 Å². The summed E-state index contributed by atoms with van der Waals surface area (Å²) in [5, 5.41) is 5.05. The van der Waals surface area contributed by atoms with E-state index >= 15 is 0 Å². The maximum Gasteiger partial charge on any atom is 0.261 e. The monoisotopic (exact) mass is 442 g/mol. The Balaban J connectivity index is 1.70. The number of rotatable bonds is 7. The molecule has 0 aliphatic heterocycles. The van der Waals surface area contributed by atoms with E-state index in [-0.39, 0.29) is 22.7 Å². The summed E-state index contributed by atoms with van der Waals surface area (Å²) >= 11 is 0. The molecule has 0 radical (unpaired) electrons. The van der Waals surface area contributed by atoms with E-state index in [1.165, 1.54) is 36.5 Å². The van der Waals surface area contributed by atoms with Crippen molar-refractivity contribution < 1.29 is 22.4 Å². The highest BCUT2D eigenvalue weighted by Gasteiger charge is 2.19. The molecule has 0 bridgehead atoms. The van der Waals surface area contributed by atoms with Crippen molar-refractivity contribution in [2.75, 3.05) is 16.6 Å². The lowest BCUT2D eigenvalue weighted by molar-refractivity contribution is -0.115. The molecular formula is C21H19FN4O4S. The van der Waals surface area contributed by atoms with Crippen molar-refractivity contribution in [1.29, 1.82) is 0 Å². The third kappa shape index (κ3) is 5.86. The van der Waals surface area contributed by atoms with Crippen LogP contribution in [-0.4, -0.2) is 31.8 Å². The van der Waals surface area contributed by atoms with E-state index in [4.69, 9.17) is 0 Å². The van der Waals surface area contributed by atoms with E-state index in [2.05, 4.69) is 20.3 Å². The maximum absolute atomic E-state index is 13.0. The number of halogens is 1. The summed E-state index contributed by atoms with van der Waals surface area (Å²) in [6.45, 7) is 1.34. The lowest BCUT2D eigenvalue weighted by atomic mass is 10.1. The number of aromatic nitrogens is 1. The van der Waals surface area contributed by atoms with Gasteiger partial charge in [-0.1, -0.05) is 6.07 Å². The van der Waals surface area contributed by atoms with Crippen molar-refractivity contribution in [1.82, 2.24) is 10.3 Å². The summed E-state index contributed by atoms with van der Waals surface area (Å²) in [5.74, 6) is -1.55. The molecule has 10 heteroatoms. The highest BCUT2D eigenvalue weighted by atomic mass is 32.2. The average molecular weight is 442 g/mol. The molecular weight excluding hydrogens is 423 g/mol. The number of nitrogens with zero attached hydrogens (tertiary/aromatic N) is 1.